The highest BCUT2D eigenvalue weighted by molar-refractivity contribution is 5.93. The van der Waals surface area contributed by atoms with Crippen molar-refractivity contribution in [3.8, 4) is 0 Å². The number of benzene rings is 1. The van der Waals surface area contributed by atoms with E-state index < -0.39 is 11.9 Å². The molecule has 1 aromatic carbocycles. The maximum atomic E-state index is 12.5. The second kappa shape index (κ2) is 8.76. The molecule has 152 valence electrons. The minimum atomic E-state index is -0.483. The van der Waals surface area contributed by atoms with Crippen molar-refractivity contribution in [2.45, 2.75) is 52.5 Å². The molecular formula is C22H30N2O4. The average molecular weight is 386 g/mol. The van der Waals surface area contributed by atoms with Crippen molar-refractivity contribution in [3.05, 3.63) is 29.8 Å². The van der Waals surface area contributed by atoms with Gasteiger partial charge in [0.1, 0.15) is 0 Å². The number of anilines is 1. The normalized spacial score (nSPS) is 27.5. The Morgan fingerprint density at radius 1 is 1.25 bits per heavy atom. The summed E-state index contributed by atoms with van der Waals surface area (Å²) in [6.45, 7) is 6.43. The van der Waals surface area contributed by atoms with Crippen LogP contribution in [0.2, 0.25) is 0 Å². The molecule has 0 unspecified atom stereocenters. The van der Waals surface area contributed by atoms with Gasteiger partial charge in [-0.2, -0.15) is 0 Å². The summed E-state index contributed by atoms with van der Waals surface area (Å²) in [7, 11) is 0. The van der Waals surface area contributed by atoms with Crippen LogP contribution in [0.25, 0.3) is 0 Å². The van der Waals surface area contributed by atoms with E-state index in [-0.39, 0.29) is 30.9 Å². The number of esters is 1. The number of hydrogen-bond acceptors (Lipinski definition) is 4. The number of amides is 2. The lowest BCUT2D eigenvalue weighted by molar-refractivity contribution is -0.151. The molecule has 1 saturated carbocycles. The smallest absolute Gasteiger partial charge is 0.311 e. The van der Waals surface area contributed by atoms with Crippen molar-refractivity contribution in [2.24, 2.45) is 17.8 Å². The molecule has 1 heterocycles. The zero-order valence-corrected chi connectivity index (χ0v) is 16.9. The van der Waals surface area contributed by atoms with Crippen LogP contribution in [-0.4, -0.2) is 41.9 Å². The standard InChI is InChI=1S/C22H30N2O4/c1-14-6-4-8-18(10-14)23-20(25)13-28-22(27)17-11-21(26)24(12-17)19-9-5-7-15(2)16(19)3/h4,6,8,10,15-17,19H,5,7,9,11-13H2,1-3H3,(H,23,25)/t15-,16-,17-,19+/m0/s1. The number of nitrogens with zero attached hydrogens (tertiary/aromatic N) is 1. The fourth-order valence-corrected chi connectivity index (χ4v) is 4.38. The third kappa shape index (κ3) is 4.72. The van der Waals surface area contributed by atoms with Gasteiger partial charge in [0, 0.05) is 24.7 Å². The third-order valence-corrected chi connectivity index (χ3v) is 6.20. The van der Waals surface area contributed by atoms with Crippen molar-refractivity contribution >= 4 is 23.5 Å². The summed E-state index contributed by atoms with van der Waals surface area (Å²) in [5.74, 6) is -0.280. The highest BCUT2D eigenvalue weighted by Gasteiger charge is 2.42. The zero-order chi connectivity index (χ0) is 20.3. The Kier molecular flexibility index (Phi) is 6.37. The maximum Gasteiger partial charge on any atom is 0.311 e. The molecule has 1 aromatic rings. The molecule has 1 saturated heterocycles. The van der Waals surface area contributed by atoms with Gasteiger partial charge in [-0.15, -0.1) is 0 Å². The molecule has 0 bridgehead atoms. The van der Waals surface area contributed by atoms with E-state index in [0.29, 0.717) is 24.1 Å². The number of hydrogen-bond donors (Lipinski definition) is 1. The second-order valence-corrected chi connectivity index (χ2v) is 8.31. The van der Waals surface area contributed by atoms with E-state index >= 15 is 0 Å². The quantitative estimate of drug-likeness (QED) is 0.789. The van der Waals surface area contributed by atoms with Crippen molar-refractivity contribution in [3.63, 3.8) is 0 Å². The summed E-state index contributed by atoms with van der Waals surface area (Å²) in [6.07, 6.45) is 3.49. The molecule has 1 aliphatic heterocycles. The molecule has 3 rings (SSSR count). The van der Waals surface area contributed by atoms with Gasteiger partial charge in [0.05, 0.1) is 5.92 Å². The van der Waals surface area contributed by atoms with E-state index in [4.69, 9.17) is 4.74 Å². The molecule has 0 aromatic heterocycles. The first-order valence-corrected chi connectivity index (χ1v) is 10.2. The van der Waals surface area contributed by atoms with Crippen LogP contribution in [0.3, 0.4) is 0 Å². The average Bonchev–Trinajstić information content (AvgIpc) is 3.04. The van der Waals surface area contributed by atoms with Crippen LogP contribution >= 0.6 is 0 Å². The number of nitrogens with one attached hydrogen (secondary N) is 1. The minimum Gasteiger partial charge on any atom is -0.455 e. The van der Waals surface area contributed by atoms with Gasteiger partial charge in [0.15, 0.2) is 6.61 Å². The van der Waals surface area contributed by atoms with Crippen LogP contribution < -0.4 is 5.32 Å². The Bertz CT molecular complexity index is 748. The van der Waals surface area contributed by atoms with Crippen LogP contribution in [-0.2, 0) is 19.1 Å². The predicted octanol–water partition coefficient (Wildman–Crippen LogP) is 3.15. The number of aryl methyl sites for hydroxylation is 1. The van der Waals surface area contributed by atoms with Crippen molar-refractivity contribution in [1.29, 1.82) is 0 Å². The fourth-order valence-electron chi connectivity index (χ4n) is 4.38. The van der Waals surface area contributed by atoms with Crippen molar-refractivity contribution < 1.29 is 19.1 Å². The van der Waals surface area contributed by atoms with Crippen LogP contribution in [0.5, 0.6) is 0 Å². The van der Waals surface area contributed by atoms with E-state index in [1.54, 1.807) is 6.07 Å². The summed E-state index contributed by atoms with van der Waals surface area (Å²) in [5, 5.41) is 2.72. The number of carbonyl (C=O) groups is 3. The topological polar surface area (TPSA) is 75.7 Å². The Morgan fingerprint density at radius 2 is 2.04 bits per heavy atom. The minimum absolute atomic E-state index is 0.0251. The SMILES string of the molecule is Cc1cccc(NC(=O)COC(=O)[C@H]2CC(=O)N([C@@H]3CCC[C@H](C)[C@@H]3C)C2)c1. The Balaban J connectivity index is 1.50. The lowest BCUT2D eigenvalue weighted by Gasteiger charge is -2.39. The number of carbonyl (C=O) groups excluding carboxylic acids is 3. The summed E-state index contributed by atoms with van der Waals surface area (Å²) >= 11 is 0. The predicted molar refractivity (Wildman–Crippen MR) is 107 cm³/mol. The largest absolute Gasteiger partial charge is 0.455 e. The Labute approximate surface area is 166 Å². The molecule has 6 nitrogen and oxygen atoms in total. The van der Waals surface area contributed by atoms with Crippen molar-refractivity contribution in [1.82, 2.24) is 4.90 Å². The molecule has 0 spiro atoms. The molecule has 2 amide bonds. The van der Waals surface area contributed by atoms with Gasteiger partial charge >= 0.3 is 5.97 Å². The van der Waals surface area contributed by atoms with Gasteiger partial charge in [-0.25, -0.2) is 0 Å². The zero-order valence-electron chi connectivity index (χ0n) is 16.9. The first kappa shape index (κ1) is 20.4. The van der Waals surface area contributed by atoms with Gasteiger partial charge < -0.3 is 15.0 Å². The summed E-state index contributed by atoms with van der Waals surface area (Å²) in [5.41, 5.74) is 1.70. The summed E-state index contributed by atoms with van der Waals surface area (Å²) < 4.78 is 5.19. The van der Waals surface area contributed by atoms with Gasteiger partial charge in [-0.1, -0.05) is 38.8 Å². The molecule has 1 aliphatic carbocycles. The fraction of sp³-hybridized carbons (Fsp3) is 0.591. The van der Waals surface area contributed by atoms with E-state index in [1.807, 2.05) is 30.0 Å². The molecule has 2 aliphatic rings. The molecule has 1 N–H and O–H groups in total. The monoisotopic (exact) mass is 386 g/mol. The first-order valence-electron chi connectivity index (χ1n) is 10.2. The number of rotatable bonds is 5. The van der Waals surface area contributed by atoms with Crippen LogP contribution in [0.1, 0.15) is 45.1 Å². The molecule has 6 heteroatoms. The molecule has 4 atom stereocenters. The third-order valence-electron chi connectivity index (χ3n) is 6.20. The highest BCUT2D eigenvalue weighted by Crippen LogP contribution is 2.35. The maximum absolute atomic E-state index is 12.5. The van der Waals surface area contributed by atoms with Gasteiger partial charge in [-0.05, 0) is 42.9 Å². The van der Waals surface area contributed by atoms with Crippen LogP contribution in [0.15, 0.2) is 24.3 Å². The van der Waals surface area contributed by atoms with Gasteiger partial charge in [0.25, 0.3) is 5.91 Å². The van der Waals surface area contributed by atoms with Gasteiger partial charge in [-0.3, -0.25) is 14.4 Å². The van der Waals surface area contributed by atoms with Crippen LogP contribution in [0.4, 0.5) is 5.69 Å². The number of ether oxygens (including phenoxy) is 1. The van der Waals surface area contributed by atoms with Crippen molar-refractivity contribution in [2.75, 3.05) is 18.5 Å². The number of likely N-dealkylation sites (tertiary alicyclic amines) is 1. The Morgan fingerprint density at radius 3 is 2.79 bits per heavy atom. The van der Waals surface area contributed by atoms with Crippen LogP contribution in [0, 0.1) is 24.7 Å². The Hall–Kier alpha value is -2.37. The molecule has 2 fully saturated rings. The summed E-state index contributed by atoms with van der Waals surface area (Å²) in [4.78, 5) is 38.8. The lowest BCUT2D eigenvalue weighted by Crippen LogP contribution is -2.45. The molecule has 0 radical (unpaired) electrons. The van der Waals surface area contributed by atoms with E-state index in [9.17, 15) is 14.4 Å². The molecule has 28 heavy (non-hydrogen) atoms. The summed E-state index contributed by atoms with van der Waals surface area (Å²) in [6, 6.07) is 7.63. The van der Waals surface area contributed by atoms with E-state index in [0.717, 1.165) is 18.4 Å². The first-order chi connectivity index (χ1) is 13.3. The van der Waals surface area contributed by atoms with Gasteiger partial charge in [0.2, 0.25) is 5.91 Å². The second-order valence-electron chi connectivity index (χ2n) is 8.31. The lowest BCUT2D eigenvalue weighted by atomic mass is 9.77. The molecular weight excluding hydrogens is 356 g/mol. The van der Waals surface area contributed by atoms with E-state index in [1.165, 1.54) is 6.42 Å². The highest BCUT2D eigenvalue weighted by atomic mass is 16.5. The van der Waals surface area contributed by atoms with E-state index in [2.05, 4.69) is 19.2 Å².